The van der Waals surface area contributed by atoms with Crippen LogP contribution in [-0.2, 0) is 0 Å². The normalized spacial score (nSPS) is 21.9. The SMILES string of the molecule is FC1=C(F)N(C(F)(F)F)C(F)(F)C(F)=C1F. The third-order valence-electron chi connectivity index (χ3n) is 1.56. The van der Waals surface area contributed by atoms with E-state index in [4.69, 9.17) is 0 Å². The van der Waals surface area contributed by atoms with E-state index in [1.54, 1.807) is 0 Å². The van der Waals surface area contributed by atoms with Crippen molar-refractivity contribution in [1.29, 1.82) is 0 Å². The van der Waals surface area contributed by atoms with Gasteiger partial charge in [0.05, 0.1) is 0 Å². The number of halogens is 9. The van der Waals surface area contributed by atoms with Crippen LogP contribution in [0.3, 0.4) is 0 Å². The number of rotatable bonds is 0. The van der Waals surface area contributed by atoms with E-state index in [1.165, 1.54) is 0 Å². The molecular weight excluding hydrogens is 257 g/mol. The molecule has 0 unspecified atom stereocenters. The minimum Gasteiger partial charge on any atom is -0.200 e. The van der Waals surface area contributed by atoms with Crippen molar-refractivity contribution in [2.24, 2.45) is 0 Å². The number of hydrogen-bond donors (Lipinski definition) is 0. The van der Waals surface area contributed by atoms with Crippen LogP contribution in [0.15, 0.2) is 23.4 Å². The zero-order valence-corrected chi connectivity index (χ0v) is 6.85. The molecule has 0 aromatic rings. The smallest absolute Gasteiger partial charge is 0.200 e. The summed E-state index contributed by atoms with van der Waals surface area (Å²) in [6.45, 7) is 0. The van der Waals surface area contributed by atoms with Crippen LogP contribution < -0.4 is 0 Å². The predicted octanol–water partition coefficient (Wildman–Crippen LogP) is 3.67. The highest BCUT2D eigenvalue weighted by atomic mass is 19.4. The fourth-order valence-corrected chi connectivity index (χ4v) is 0.909. The quantitative estimate of drug-likeness (QED) is 0.472. The third-order valence-corrected chi connectivity index (χ3v) is 1.56. The summed E-state index contributed by atoms with van der Waals surface area (Å²) in [5.74, 6) is -12.6. The number of alkyl halides is 5. The third kappa shape index (κ3) is 1.61. The Bertz CT molecular complexity index is 376. The Hall–Kier alpha value is -1.35. The molecule has 0 fully saturated rings. The van der Waals surface area contributed by atoms with Crippen LogP contribution in [0.5, 0.6) is 0 Å². The van der Waals surface area contributed by atoms with Crippen LogP contribution in [0.2, 0.25) is 0 Å². The van der Waals surface area contributed by atoms with Crippen molar-refractivity contribution in [3.05, 3.63) is 23.4 Å². The van der Waals surface area contributed by atoms with Crippen molar-refractivity contribution in [2.45, 2.75) is 12.3 Å². The van der Waals surface area contributed by atoms with E-state index in [-0.39, 0.29) is 0 Å². The monoisotopic (exact) mass is 257 g/mol. The van der Waals surface area contributed by atoms with Crippen molar-refractivity contribution >= 4 is 0 Å². The van der Waals surface area contributed by atoms with Gasteiger partial charge in [0.1, 0.15) is 0 Å². The molecule has 0 aliphatic carbocycles. The summed E-state index contributed by atoms with van der Waals surface area (Å²) in [6.07, 6.45) is -6.11. The molecule has 1 aliphatic rings. The summed E-state index contributed by atoms with van der Waals surface area (Å²) in [6, 6.07) is -5.66. The molecule has 0 saturated heterocycles. The van der Waals surface area contributed by atoms with E-state index in [0.717, 1.165) is 0 Å². The largest absolute Gasteiger partial charge is 0.491 e. The molecule has 0 aromatic heterocycles. The second-order valence-corrected chi connectivity index (χ2v) is 2.58. The summed E-state index contributed by atoms with van der Waals surface area (Å²) in [5, 5.41) is 0. The highest BCUT2D eigenvalue weighted by molar-refractivity contribution is 5.32. The molecule has 16 heavy (non-hydrogen) atoms. The minimum absolute atomic E-state index is 2.44. The van der Waals surface area contributed by atoms with Crippen molar-refractivity contribution in [2.75, 3.05) is 0 Å². The Morgan fingerprint density at radius 1 is 0.875 bits per heavy atom. The second kappa shape index (κ2) is 3.32. The lowest BCUT2D eigenvalue weighted by Crippen LogP contribution is -2.51. The van der Waals surface area contributed by atoms with E-state index in [1.807, 2.05) is 0 Å². The Morgan fingerprint density at radius 3 is 1.69 bits per heavy atom. The zero-order chi connectivity index (χ0) is 12.9. The Labute approximate surface area is 81.4 Å². The molecule has 1 nitrogen and oxygen atoms in total. The van der Waals surface area contributed by atoms with E-state index < -0.39 is 40.7 Å². The van der Waals surface area contributed by atoms with Crippen LogP contribution in [0, 0.1) is 0 Å². The maximum absolute atomic E-state index is 12.5. The Kier molecular flexibility index (Phi) is 2.64. The van der Waals surface area contributed by atoms with Crippen LogP contribution in [-0.4, -0.2) is 17.2 Å². The first kappa shape index (κ1) is 12.7. The van der Waals surface area contributed by atoms with Gasteiger partial charge in [0.15, 0.2) is 0 Å². The maximum atomic E-state index is 12.5. The standard InChI is InChI=1S/C6F9N/c7-1-2(8)4(10)16(6(13,14)15)5(11,12)3(1)9. The summed E-state index contributed by atoms with van der Waals surface area (Å²) >= 11 is 0. The molecular formula is C6F9N. The van der Waals surface area contributed by atoms with Crippen molar-refractivity contribution < 1.29 is 39.5 Å². The second-order valence-electron chi connectivity index (χ2n) is 2.58. The van der Waals surface area contributed by atoms with E-state index in [9.17, 15) is 39.5 Å². The Balaban J connectivity index is 3.45. The van der Waals surface area contributed by atoms with Gasteiger partial charge in [0, 0.05) is 0 Å². The molecule has 0 N–H and O–H groups in total. The fraction of sp³-hybridized carbons (Fsp3) is 0.333. The molecule has 0 atom stereocenters. The predicted molar refractivity (Wildman–Crippen MR) is 31.3 cm³/mol. The average molecular weight is 257 g/mol. The van der Waals surface area contributed by atoms with Crippen LogP contribution in [0.1, 0.15) is 0 Å². The van der Waals surface area contributed by atoms with Gasteiger partial charge in [0.2, 0.25) is 23.4 Å². The first-order valence-electron chi connectivity index (χ1n) is 3.37. The lowest BCUT2D eigenvalue weighted by molar-refractivity contribution is -0.318. The highest BCUT2D eigenvalue weighted by Gasteiger charge is 2.62. The number of nitrogens with zero attached hydrogens (tertiary/aromatic N) is 1. The number of allylic oxidation sites excluding steroid dienone is 2. The molecule has 0 aromatic carbocycles. The lowest BCUT2D eigenvalue weighted by Gasteiger charge is -2.33. The van der Waals surface area contributed by atoms with E-state index in [2.05, 4.69) is 0 Å². The van der Waals surface area contributed by atoms with Crippen LogP contribution in [0.25, 0.3) is 0 Å². The van der Waals surface area contributed by atoms with Gasteiger partial charge in [-0.15, -0.1) is 13.2 Å². The molecule has 0 spiro atoms. The van der Waals surface area contributed by atoms with Gasteiger partial charge in [-0.05, 0) is 0 Å². The maximum Gasteiger partial charge on any atom is 0.491 e. The number of hydrogen-bond acceptors (Lipinski definition) is 1. The fourth-order valence-electron chi connectivity index (χ4n) is 0.909. The summed E-state index contributed by atoms with van der Waals surface area (Å²) in [7, 11) is 0. The van der Waals surface area contributed by atoms with Crippen molar-refractivity contribution in [3.63, 3.8) is 0 Å². The highest BCUT2D eigenvalue weighted by Crippen LogP contribution is 2.48. The van der Waals surface area contributed by atoms with Gasteiger partial charge in [-0.25, -0.2) is 4.39 Å². The van der Waals surface area contributed by atoms with E-state index >= 15 is 0 Å². The summed E-state index contributed by atoms with van der Waals surface area (Å²) < 4.78 is 110. The van der Waals surface area contributed by atoms with Crippen LogP contribution >= 0.6 is 0 Å². The molecule has 0 saturated carbocycles. The molecule has 0 radical (unpaired) electrons. The van der Waals surface area contributed by atoms with Gasteiger partial charge < -0.3 is 0 Å². The van der Waals surface area contributed by atoms with Crippen molar-refractivity contribution in [1.82, 2.24) is 4.90 Å². The van der Waals surface area contributed by atoms with Gasteiger partial charge in [-0.2, -0.15) is 26.9 Å². The molecule has 1 aliphatic heterocycles. The summed E-state index contributed by atoms with van der Waals surface area (Å²) in [4.78, 5) is -2.44. The van der Waals surface area contributed by atoms with Gasteiger partial charge in [-0.1, -0.05) is 0 Å². The van der Waals surface area contributed by atoms with E-state index in [0.29, 0.717) is 0 Å². The molecule has 1 rings (SSSR count). The summed E-state index contributed by atoms with van der Waals surface area (Å²) in [5.41, 5.74) is 0. The first-order chi connectivity index (χ1) is 7.01. The van der Waals surface area contributed by atoms with Gasteiger partial charge >= 0.3 is 12.3 Å². The van der Waals surface area contributed by atoms with Crippen molar-refractivity contribution in [3.8, 4) is 0 Å². The average Bonchev–Trinajstić information content (AvgIpc) is 2.09. The zero-order valence-electron chi connectivity index (χ0n) is 6.85. The molecule has 1 heterocycles. The topological polar surface area (TPSA) is 3.24 Å². The molecule has 0 bridgehead atoms. The Morgan fingerprint density at radius 2 is 1.31 bits per heavy atom. The molecule has 10 heteroatoms. The van der Waals surface area contributed by atoms with Gasteiger partial charge in [0.25, 0.3) is 0 Å². The molecule has 0 amide bonds. The molecule has 92 valence electrons. The first-order valence-corrected chi connectivity index (χ1v) is 3.37. The van der Waals surface area contributed by atoms with Gasteiger partial charge in [-0.3, -0.25) is 0 Å². The minimum atomic E-state index is -6.11. The lowest BCUT2D eigenvalue weighted by atomic mass is 10.2. The van der Waals surface area contributed by atoms with Crippen LogP contribution in [0.4, 0.5) is 39.5 Å².